The van der Waals surface area contributed by atoms with Crippen LogP contribution in [0, 0.1) is 0 Å². The van der Waals surface area contributed by atoms with Gasteiger partial charge in [-0.3, -0.25) is 20.2 Å². The second kappa shape index (κ2) is 19.8. The lowest BCUT2D eigenvalue weighted by Gasteiger charge is -2.33. The normalized spacial score (nSPS) is 18.9. The lowest BCUT2D eigenvalue weighted by molar-refractivity contribution is 0.0569. The Morgan fingerprint density at radius 2 is 1.73 bits per heavy atom. The number of piperazine rings is 1. The number of fused-ring (bicyclic) bond motifs is 3. The zero-order valence-corrected chi connectivity index (χ0v) is 40.1. The summed E-state index contributed by atoms with van der Waals surface area (Å²) >= 11 is 1.38. The Morgan fingerprint density at radius 1 is 0.887 bits per heavy atom. The third-order valence-electron chi connectivity index (χ3n) is 12.8. The lowest BCUT2D eigenvalue weighted by Crippen LogP contribution is -2.44. The third kappa shape index (κ3) is 10.1. The SMILES string of the molecule is COC1CC2=C(C=C1OCCCN1CCN(C)CC1)NC(C)N=C2Nc1ccc2c(c1)OC(NC(=O)c1ccc(-c3cccc(C(=O)Nc4nc5cc(Nc6ncnc7[nH]cnc67)ccc5s4)c3)cc1)N2. The van der Waals surface area contributed by atoms with Gasteiger partial charge in [-0.2, -0.15) is 0 Å². The number of benzene rings is 4. The third-order valence-corrected chi connectivity index (χ3v) is 13.7. The summed E-state index contributed by atoms with van der Waals surface area (Å²) in [6.07, 6.45) is 5.46. The number of hydrogen-bond donors (Lipinski definition) is 7. The number of imidazole rings is 1. The zero-order chi connectivity index (χ0) is 48.4. The van der Waals surface area contributed by atoms with E-state index < -0.39 is 6.35 Å². The van der Waals surface area contributed by atoms with E-state index in [1.165, 1.54) is 17.7 Å². The van der Waals surface area contributed by atoms with Crippen LogP contribution in [0.15, 0.2) is 126 Å². The summed E-state index contributed by atoms with van der Waals surface area (Å²) in [6, 6.07) is 26.0. The topological polar surface area (TPSA) is 220 Å². The van der Waals surface area contributed by atoms with Crippen LogP contribution >= 0.6 is 11.3 Å². The molecule has 1 aliphatic carbocycles. The highest BCUT2D eigenvalue weighted by molar-refractivity contribution is 7.22. The van der Waals surface area contributed by atoms with Gasteiger partial charge in [0, 0.05) is 92.2 Å². The minimum absolute atomic E-state index is 0.161. The fraction of sp³-hybridized carbons (Fsp3) is 0.275. The molecule has 0 bridgehead atoms. The summed E-state index contributed by atoms with van der Waals surface area (Å²) in [6.45, 7) is 8.06. The molecule has 362 valence electrons. The molecular formula is C51H52N14O5S. The molecule has 0 saturated carbocycles. The molecule has 0 spiro atoms. The molecule has 6 heterocycles. The molecule has 3 unspecified atom stereocenters. The maximum absolute atomic E-state index is 13.5. The highest BCUT2D eigenvalue weighted by Gasteiger charge is 2.31. The number of nitrogens with zero attached hydrogens (tertiary/aromatic N) is 7. The Balaban J connectivity index is 0.681. The number of anilines is 5. The fourth-order valence-corrected chi connectivity index (χ4v) is 9.83. The Bertz CT molecular complexity index is 3230. The van der Waals surface area contributed by atoms with E-state index in [0.717, 1.165) is 100 Å². The van der Waals surface area contributed by atoms with Crippen LogP contribution in [-0.2, 0) is 9.47 Å². The van der Waals surface area contributed by atoms with E-state index in [2.05, 4.69) is 79.7 Å². The van der Waals surface area contributed by atoms with Crippen molar-refractivity contribution in [1.29, 1.82) is 0 Å². The Morgan fingerprint density at radius 3 is 2.59 bits per heavy atom. The average molecular weight is 973 g/mol. The van der Waals surface area contributed by atoms with Gasteiger partial charge in [0.15, 0.2) is 22.1 Å². The van der Waals surface area contributed by atoms with Crippen molar-refractivity contribution in [3.63, 3.8) is 0 Å². The van der Waals surface area contributed by atoms with Gasteiger partial charge in [-0.1, -0.05) is 35.6 Å². The first kappa shape index (κ1) is 45.5. The van der Waals surface area contributed by atoms with Crippen LogP contribution in [0.25, 0.3) is 32.5 Å². The van der Waals surface area contributed by atoms with Gasteiger partial charge < -0.3 is 50.3 Å². The Hall–Kier alpha value is -7.91. The lowest BCUT2D eigenvalue weighted by atomic mass is 9.95. The summed E-state index contributed by atoms with van der Waals surface area (Å²) in [4.78, 5) is 57.2. The van der Waals surface area contributed by atoms with E-state index in [4.69, 9.17) is 19.2 Å². The molecular weight excluding hydrogens is 921 g/mol. The number of methoxy groups -OCH3 is 1. The number of H-pyrrole nitrogens is 1. The number of carbonyl (C=O) groups excluding carboxylic acids is 2. The monoisotopic (exact) mass is 972 g/mol. The van der Waals surface area contributed by atoms with Crippen molar-refractivity contribution >= 4 is 78.4 Å². The number of ether oxygens (including phenoxy) is 3. The van der Waals surface area contributed by atoms with Crippen molar-refractivity contribution in [3.05, 3.63) is 132 Å². The van der Waals surface area contributed by atoms with Gasteiger partial charge in [0.25, 0.3) is 18.2 Å². The zero-order valence-electron chi connectivity index (χ0n) is 39.3. The smallest absolute Gasteiger partial charge is 0.257 e. The van der Waals surface area contributed by atoms with E-state index >= 15 is 0 Å². The summed E-state index contributed by atoms with van der Waals surface area (Å²) in [5.41, 5.74) is 8.83. The summed E-state index contributed by atoms with van der Waals surface area (Å²) in [5.74, 6) is 2.12. The molecule has 11 rings (SSSR count). The molecule has 20 heteroatoms. The number of thiazole rings is 1. The minimum atomic E-state index is -0.786. The van der Waals surface area contributed by atoms with Crippen molar-refractivity contribution in [3.8, 4) is 16.9 Å². The van der Waals surface area contributed by atoms with E-state index in [1.807, 2.05) is 73.7 Å². The Labute approximate surface area is 412 Å². The van der Waals surface area contributed by atoms with E-state index in [1.54, 1.807) is 31.6 Å². The first-order chi connectivity index (χ1) is 34.7. The van der Waals surface area contributed by atoms with Gasteiger partial charge in [-0.25, -0.2) is 24.9 Å². The van der Waals surface area contributed by atoms with Crippen LogP contribution in [0.1, 0.15) is 40.5 Å². The van der Waals surface area contributed by atoms with Crippen molar-refractivity contribution in [2.24, 2.45) is 4.99 Å². The second-order valence-corrected chi connectivity index (χ2v) is 18.8. The van der Waals surface area contributed by atoms with Crippen molar-refractivity contribution in [1.82, 2.24) is 45.4 Å². The number of hydrogen-bond acceptors (Lipinski definition) is 17. The molecule has 3 atom stereocenters. The number of nitrogens with one attached hydrogen (secondary N) is 7. The average Bonchev–Trinajstić information content (AvgIpc) is 4.14. The molecule has 2 amide bonds. The number of aliphatic imine (C=N–C) groups is 1. The summed E-state index contributed by atoms with van der Waals surface area (Å²) in [7, 11) is 3.88. The number of rotatable bonds is 14. The highest BCUT2D eigenvalue weighted by atomic mass is 32.1. The van der Waals surface area contributed by atoms with Crippen LogP contribution in [-0.4, -0.2) is 124 Å². The van der Waals surface area contributed by atoms with Crippen molar-refractivity contribution in [2.45, 2.75) is 38.4 Å². The molecule has 7 N–H and O–H groups in total. The van der Waals surface area contributed by atoms with E-state index in [9.17, 15) is 9.59 Å². The fourth-order valence-electron chi connectivity index (χ4n) is 8.99. The molecule has 19 nitrogen and oxygen atoms in total. The standard InChI is InChI=1S/C51H52N14O5S/c1-29-56-38-26-42(69-21-5-16-65-19-17-64(2)18-20-65)41(68-3)25-36(38)45(57-29)58-35-12-14-37-40(24-35)70-50(60-37)62-48(66)31-10-8-30(9-11-31)32-6-4-7-33(22-32)49(67)63-51-61-39-23-34(13-15-43(39)71-51)59-47-44-46(53-27-52-44)54-28-55-47/h4,6-15,22-24,26-29,41,50,56,60H,5,16-21,25H2,1-3H3,(H,57,58)(H,62,66)(H,61,63,67)(H2,52,53,54,55,59). The Kier molecular flexibility index (Phi) is 12.7. The summed E-state index contributed by atoms with van der Waals surface area (Å²) < 4.78 is 19.3. The number of likely N-dealkylation sites (N-methyl/N-ethyl adjacent to an activating group) is 1. The minimum Gasteiger partial charge on any atom is -0.495 e. The van der Waals surface area contributed by atoms with Crippen LogP contribution in [0.5, 0.6) is 5.75 Å². The van der Waals surface area contributed by atoms with Gasteiger partial charge in [-0.05, 0) is 86.1 Å². The first-order valence-corrected chi connectivity index (χ1v) is 24.3. The number of amides is 2. The van der Waals surface area contributed by atoms with Gasteiger partial charge in [0.2, 0.25) is 0 Å². The number of amidine groups is 1. The van der Waals surface area contributed by atoms with Crippen LogP contribution < -0.4 is 36.6 Å². The molecule has 1 fully saturated rings. The molecule has 7 aromatic rings. The number of allylic oxidation sites excluding steroid dienone is 1. The largest absolute Gasteiger partial charge is 0.495 e. The van der Waals surface area contributed by atoms with Crippen LogP contribution in [0.4, 0.5) is 28.0 Å². The number of carbonyl (C=O) groups is 2. The second-order valence-electron chi connectivity index (χ2n) is 17.7. The molecule has 3 aliphatic heterocycles. The van der Waals surface area contributed by atoms with Gasteiger partial charge in [0.05, 0.1) is 28.8 Å². The van der Waals surface area contributed by atoms with E-state index in [-0.39, 0.29) is 24.1 Å². The van der Waals surface area contributed by atoms with Gasteiger partial charge in [0.1, 0.15) is 35.9 Å². The van der Waals surface area contributed by atoms with Crippen molar-refractivity contribution in [2.75, 3.05) is 74.8 Å². The molecule has 71 heavy (non-hydrogen) atoms. The van der Waals surface area contributed by atoms with Gasteiger partial charge >= 0.3 is 0 Å². The number of aromatic nitrogens is 5. The maximum atomic E-state index is 13.5. The van der Waals surface area contributed by atoms with E-state index in [0.29, 0.717) is 52.0 Å². The quantitative estimate of drug-likeness (QED) is 0.0540. The highest BCUT2D eigenvalue weighted by Crippen LogP contribution is 2.36. The van der Waals surface area contributed by atoms with Crippen LogP contribution in [0.2, 0.25) is 0 Å². The van der Waals surface area contributed by atoms with Crippen molar-refractivity contribution < 1.29 is 23.8 Å². The first-order valence-electron chi connectivity index (χ1n) is 23.5. The predicted octanol–water partition coefficient (Wildman–Crippen LogP) is 7.11. The van der Waals surface area contributed by atoms with Gasteiger partial charge in [-0.15, -0.1) is 0 Å². The molecule has 4 aliphatic rings. The molecule has 0 radical (unpaired) electrons. The predicted molar refractivity (Wildman–Crippen MR) is 275 cm³/mol. The molecule has 1 saturated heterocycles. The number of aromatic amines is 1. The summed E-state index contributed by atoms with van der Waals surface area (Å²) in [5, 5.41) is 19.9. The van der Waals surface area contributed by atoms with Crippen LogP contribution in [0.3, 0.4) is 0 Å². The molecule has 4 aromatic carbocycles. The maximum Gasteiger partial charge on any atom is 0.257 e. The molecule has 3 aromatic heterocycles.